The molecule has 0 saturated heterocycles. The first kappa shape index (κ1) is 11.2. The average Bonchev–Trinajstić information content (AvgIpc) is 2.16. The Morgan fingerprint density at radius 1 is 1.80 bits per heavy atom. The van der Waals surface area contributed by atoms with Crippen LogP contribution >= 0.6 is 0 Å². The van der Waals surface area contributed by atoms with Crippen LogP contribution in [-0.2, 0) is 0 Å². The molecule has 6 heteroatoms. The lowest BCUT2D eigenvalue weighted by Crippen LogP contribution is -2.36. The number of nitrogens with two attached hydrogens (primary N) is 1. The lowest BCUT2D eigenvalue weighted by Gasteiger charge is -2.24. The third-order valence-corrected chi connectivity index (χ3v) is 2.20. The molecule has 15 heavy (non-hydrogen) atoms. The number of H-pyrrole nitrogens is 1. The maximum absolute atomic E-state index is 11.4. The number of aromatic nitrogens is 2. The minimum absolute atomic E-state index is 0.0292. The highest BCUT2D eigenvalue weighted by Gasteiger charge is 2.14. The predicted molar refractivity (Wildman–Crippen MR) is 59.3 cm³/mol. The molecule has 0 aromatic carbocycles. The summed E-state index contributed by atoms with van der Waals surface area (Å²) >= 11 is 0. The first-order valence-corrected chi connectivity index (χ1v) is 4.61. The molecule has 0 aliphatic rings. The van der Waals surface area contributed by atoms with Crippen LogP contribution < -0.4 is 16.2 Å². The summed E-state index contributed by atoms with van der Waals surface area (Å²) < 4.78 is 0. The molecule has 1 aromatic rings. The van der Waals surface area contributed by atoms with E-state index >= 15 is 0 Å². The van der Waals surface area contributed by atoms with Gasteiger partial charge in [0.15, 0.2) is 5.82 Å². The van der Waals surface area contributed by atoms with Crippen molar-refractivity contribution in [1.29, 1.82) is 5.41 Å². The zero-order chi connectivity index (χ0) is 11.4. The minimum atomic E-state index is -0.240. The van der Waals surface area contributed by atoms with E-state index in [9.17, 15) is 4.79 Å². The Kier molecular flexibility index (Phi) is 3.43. The van der Waals surface area contributed by atoms with Gasteiger partial charge >= 0.3 is 0 Å². The van der Waals surface area contributed by atoms with E-state index in [0.717, 1.165) is 0 Å². The van der Waals surface area contributed by atoms with Gasteiger partial charge in [-0.05, 0) is 6.92 Å². The van der Waals surface area contributed by atoms with Crippen molar-refractivity contribution in [3.05, 3.63) is 22.7 Å². The van der Waals surface area contributed by atoms with E-state index in [2.05, 4.69) is 9.97 Å². The first-order chi connectivity index (χ1) is 7.02. The van der Waals surface area contributed by atoms with Crippen LogP contribution in [0.25, 0.3) is 0 Å². The van der Waals surface area contributed by atoms with Crippen molar-refractivity contribution in [3.8, 4) is 0 Å². The number of anilines is 1. The molecule has 1 atom stereocenters. The van der Waals surface area contributed by atoms with Crippen LogP contribution in [0.2, 0.25) is 0 Å². The Balaban J connectivity index is 2.85. The highest BCUT2D eigenvalue weighted by molar-refractivity contribution is 5.77. The van der Waals surface area contributed by atoms with Gasteiger partial charge in [-0.2, -0.15) is 0 Å². The Bertz CT molecular complexity index is 399. The van der Waals surface area contributed by atoms with Crippen molar-refractivity contribution < 1.29 is 0 Å². The summed E-state index contributed by atoms with van der Waals surface area (Å²) in [4.78, 5) is 19.6. The fourth-order valence-corrected chi connectivity index (χ4v) is 1.26. The molecule has 0 spiro atoms. The van der Waals surface area contributed by atoms with Crippen LogP contribution in [0.5, 0.6) is 0 Å². The largest absolute Gasteiger partial charge is 0.388 e. The fourth-order valence-electron chi connectivity index (χ4n) is 1.26. The monoisotopic (exact) mass is 209 g/mol. The van der Waals surface area contributed by atoms with Crippen molar-refractivity contribution >= 4 is 11.7 Å². The van der Waals surface area contributed by atoms with Crippen LogP contribution in [0.1, 0.15) is 13.3 Å². The van der Waals surface area contributed by atoms with Crippen LogP contribution in [0.4, 0.5) is 5.82 Å². The molecule has 82 valence electrons. The second-order valence-electron chi connectivity index (χ2n) is 3.43. The Morgan fingerprint density at radius 2 is 2.47 bits per heavy atom. The summed E-state index contributed by atoms with van der Waals surface area (Å²) in [6.07, 6.45) is 3.41. The van der Waals surface area contributed by atoms with Crippen molar-refractivity contribution in [2.45, 2.75) is 19.4 Å². The van der Waals surface area contributed by atoms with Crippen molar-refractivity contribution in [2.24, 2.45) is 5.73 Å². The van der Waals surface area contributed by atoms with E-state index < -0.39 is 0 Å². The van der Waals surface area contributed by atoms with E-state index in [1.807, 2.05) is 6.92 Å². The van der Waals surface area contributed by atoms with E-state index in [-0.39, 0.29) is 17.4 Å². The van der Waals surface area contributed by atoms with E-state index in [1.165, 1.54) is 12.4 Å². The van der Waals surface area contributed by atoms with Gasteiger partial charge in [0, 0.05) is 31.9 Å². The van der Waals surface area contributed by atoms with E-state index in [1.54, 1.807) is 11.9 Å². The molecule has 0 radical (unpaired) electrons. The van der Waals surface area contributed by atoms with Gasteiger partial charge in [0.1, 0.15) is 0 Å². The van der Waals surface area contributed by atoms with Gasteiger partial charge in [-0.3, -0.25) is 10.2 Å². The number of hydrogen-bond donors (Lipinski definition) is 3. The zero-order valence-corrected chi connectivity index (χ0v) is 8.82. The van der Waals surface area contributed by atoms with Crippen molar-refractivity contribution in [2.75, 3.05) is 11.9 Å². The number of nitrogens with one attached hydrogen (secondary N) is 2. The Labute approximate surface area is 87.6 Å². The van der Waals surface area contributed by atoms with Crippen LogP contribution in [-0.4, -0.2) is 28.9 Å². The molecule has 1 heterocycles. The molecular formula is C9H15N5O. The van der Waals surface area contributed by atoms with Gasteiger partial charge in [0.25, 0.3) is 5.56 Å². The fraction of sp³-hybridized carbons (Fsp3) is 0.444. The van der Waals surface area contributed by atoms with Gasteiger partial charge in [0.2, 0.25) is 0 Å². The molecule has 6 nitrogen and oxygen atoms in total. The molecule has 0 amide bonds. The molecule has 0 aliphatic carbocycles. The standard InChI is InChI=1S/C9H15N5O/c1-6(5-7(10)11)14(2)8-9(15)13-4-3-12-8/h3-4,6H,5H2,1-2H3,(H3,10,11)(H,13,15). The summed E-state index contributed by atoms with van der Waals surface area (Å²) in [5.41, 5.74) is 5.06. The van der Waals surface area contributed by atoms with E-state index in [4.69, 9.17) is 11.1 Å². The molecule has 0 saturated carbocycles. The number of hydrogen-bond acceptors (Lipinski definition) is 4. The third kappa shape index (κ3) is 2.80. The SMILES string of the molecule is CC(CC(=N)N)N(C)c1ncc[nH]c1=O. The molecule has 0 aliphatic heterocycles. The lowest BCUT2D eigenvalue weighted by atomic mass is 10.2. The number of nitrogens with zero attached hydrogens (tertiary/aromatic N) is 2. The molecule has 0 bridgehead atoms. The van der Waals surface area contributed by atoms with Gasteiger partial charge in [-0.25, -0.2) is 4.98 Å². The summed E-state index contributed by atoms with van der Waals surface area (Å²) in [5, 5.41) is 7.18. The summed E-state index contributed by atoms with van der Waals surface area (Å²) in [5.74, 6) is 0.438. The smallest absolute Gasteiger partial charge is 0.290 e. The normalized spacial score (nSPS) is 12.1. The third-order valence-electron chi connectivity index (χ3n) is 2.20. The molecule has 1 unspecified atom stereocenters. The zero-order valence-electron chi connectivity index (χ0n) is 8.82. The molecular weight excluding hydrogens is 194 g/mol. The molecule has 1 rings (SSSR count). The number of aromatic amines is 1. The Morgan fingerprint density at radius 3 is 3.00 bits per heavy atom. The minimum Gasteiger partial charge on any atom is -0.388 e. The van der Waals surface area contributed by atoms with Crippen molar-refractivity contribution in [1.82, 2.24) is 9.97 Å². The second kappa shape index (κ2) is 4.59. The van der Waals surface area contributed by atoms with Gasteiger partial charge in [-0.15, -0.1) is 0 Å². The van der Waals surface area contributed by atoms with Crippen LogP contribution in [0.15, 0.2) is 17.2 Å². The second-order valence-corrected chi connectivity index (χ2v) is 3.43. The summed E-state index contributed by atoms with van der Waals surface area (Å²) in [6, 6.07) is -0.0292. The quantitative estimate of drug-likeness (QED) is 0.477. The molecule has 1 aromatic heterocycles. The summed E-state index contributed by atoms with van der Waals surface area (Å²) in [6.45, 7) is 1.88. The van der Waals surface area contributed by atoms with Crippen molar-refractivity contribution in [3.63, 3.8) is 0 Å². The Hall–Kier alpha value is -1.85. The predicted octanol–water partition coefficient (Wildman–Crippen LogP) is -0.0793. The first-order valence-electron chi connectivity index (χ1n) is 4.61. The summed E-state index contributed by atoms with van der Waals surface area (Å²) in [7, 11) is 1.76. The van der Waals surface area contributed by atoms with E-state index in [0.29, 0.717) is 12.2 Å². The van der Waals surface area contributed by atoms with Gasteiger partial charge in [-0.1, -0.05) is 0 Å². The van der Waals surface area contributed by atoms with Gasteiger partial charge in [0.05, 0.1) is 5.84 Å². The molecule has 0 fully saturated rings. The lowest BCUT2D eigenvalue weighted by molar-refractivity contribution is 0.695. The van der Waals surface area contributed by atoms with Gasteiger partial charge < -0.3 is 15.6 Å². The van der Waals surface area contributed by atoms with Crippen LogP contribution in [0, 0.1) is 5.41 Å². The average molecular weight is 209 g/mol. The maximum atomic E-state index is 11.4. The number of amidine groups is 1. The highest BCUT2D eigenvalue weighted by Crippen LogP contribution is 2.07. The maximum Gasteiger partial charge on any atom is 0.290 e. The molecule has 4 N–H and O–H groups in total. The topological polar surface area (TPSA) is 98.9 Å². The number of rotatable bonds is 4. The highest BCUT2D eigenvalue weighted by atomic mass is 16.1. The van der Waals surface area contributed by atoms with Crippen LogP contribution in [0.3, 0.4) is 0 Å².